The minimum Gasteiger partial charge on any atom is -0.435 e. The Labute approximate surface area is 103 Å². The van der Waals surface area contributed by atoms with Crippen molar-refractivity contribution in [3.8, 4) is 0 Å². The van der Waals surface area contributed by atoms with Gasteiger partial charge in [0.2, 0.25) is 0 Å². The molecule has 1 aliphatic rings. The van der Waals surface area contributed by atoms with Crippen molar-refractivity contribution in [3.63, 3.8) is 0 Å². The predicted octanol–water partition coefficient (Wildman–Crippen LogP) is -2.14. The van der Waals surface area contributed by atoms with Gasteiger partial charge in [-0.05, 0) is 6.92 Å². The van der Waals surface area contributed by atoms with E-state index in [0.717, 1.165) is 0 Å². The number of aliphatic hydroxyl groups excluding tert-OH is 3. The normalized spacial score (nSPS) is 33.2. The maximum atomic E-state index is 10.9. The molecule has 0 aromatic rings. The Morgan fingerprint density at radius 3 is 2.61 bits per heavy atom. The van der Waals surface area contributed by atoms with E-state index >= 15 is 0 Å². The number of nitrogens with two attached hydrogens (primary N) is 1. The van der Waals surface area contributed by atoms with Crippen molar-refractivity contribution >= 4 is 6.16 Å². The molecule has 9 heteroatoms. The van der Waals surface area contributed by atoms with Crippen LogP contribution in [-0.2, 0) is 19.0 Å². The van der Waals surface area contributed by atoms with Crippen LogP contribution in [0.15, 0.2) is 0 Å². The average molecular weight is 267 g/mol. The summed E-state index contributed by atoms with van der Waals surface area (Å²) in [6.45, 7) is 1.28. The molecule has 0 aromatic carbocycles. The second-order valence-corrected chi connectivity index (χ2v) is 3.64. The Morgan fingerprint density at radius 2 is 2.11 bits per heavy atom. The zero-order valence-electron chi connectivity index (χ0n) is 9.76. The quantitative estimate of drug-likeness (QED) is 0.324. The molecule has 5 N–H and O–H groups in total. The molecule has 1 aliphatic heterocycles. The van der Waals surface area contributed by atoms with Gasteiger partial charge in [0.15, 0.2) is 12.4 Å². The molecule has 1 fully saturated rings. The third-order valence-electron chi connectivity index (χ3n) is 2.42. The van der Waals surface area contributed by atoms with Gasteiger partial charge in [-0.2, -0.15) is 0 Å². The standard InChI is InChI=1S/C9H17NO8/c1-2-15-9(14)16-3-4(11)6-5(12)7(18-10)8(13)17-6/h4-8,11-13H,2-3,10H2,1H3/t4-,5-,6+,7-,8-/m0/s1. The van der Waals surface area contributed by atoms with E-state index in [1.54, 1.807) is 6.92 Å². The predicted molar refractivity (Wildman–Crippen MR) is 54.9 cm³/mol. The molecule has 0 aromatic heterocycles. The zero-order valence-corrected chi connectivity index (χ0v) is 9.76. The number of hydrogen-bond donors (Lipinski definition) is 4. The highest BCUT2D eigenvalue weighted by Gasteiger charge is 2.47. The van der Waals surface area contributed by atoms with Gasteiger partial charge in [0.05, 0.1) is 6.61 Å². The summed E-state index contributed by atoms with van der Waals surface area (Å²) in [6.07, 6.45) is -7.45. The fourth-order valence-corrected chi connectivity index (χ4v) is 1.55. The average Bonchev–Trinajstić information content (AvgIpc) is 2.62. The molecule has 0 radical (unpaired) electrons. The van der Waals surface area contributed by atoms with Gasteiger partial charge in [0.1, 0.15) is 24.9 Å². The Bertz CT molecular complexity index is 275. The summed E-state index contributed by atoms with van der Waals surface area (Å²) in [4.78, 5) is 15.2. The van der Waals surface area contributed by atoms with Crippen LogP contribution in [0.5, 0.6) is 0 Å². The van der Waals surface area contributed by atoms with Crippen molar-refractivity contribution in [3.05, 3.63) is 0 Å². The van der Waals surface area contributed by atoms with E-state index in [-0.39, 0.29) is 6.61 Å². The molecule has 1 saturated heterocycles. The minimum absolute atomic E-state index is 0.138. The van der Waals surface area contributed by atoms with E-state index in [2.05, 4.69) is 14.3 Å². The lowest BCUT2D eigenvalue weighted by molar-refractivity contribution is -0.160. The number of rotatable bonds is 5. The van der Waals surface area contributed by atoms with Gasteiger partial charge in [-0.3, -0.25) is 4.84 Å². The molecular formula is C9H17NO8. The molecule has 1 heterocycles. The van der Waals surface area contributed by atoms with Gasteiger partial charge in [0, 0.05) is 0 Å². The Balaban J connectivity index is 2.43. The van der Waals surface area contributed by atoms with E-state index in [1.807, 2.05) is 0 Å². The molecule has 0 unspecified atom stereocenters. The van der Waals surface area contributed by atoms with E-state index in [0.29, 0.717) is 0 Å². The van der Waals surface area contributed by atoms with Crippen molar-refractivity contribution in [2.45, 2.75) is 37.6 Å². The highest BCUT2D eigenvalue weighted by Crippen LogP contribution is 2.24. The summed E-state index contributed by atoms with van der Waals surface area (Å²) < 4.78 is 13.9. The second kappa shape index (κ2) is 6.83. The van der Waals surface area contributed by atoms with Crippen LogP contribution in [0.25, 0.3) is 0 Å². The van der Waals surface area contributed by atoms with Gasteiger partial charge in [-0.25, -0.2) is 10.7 Å². The highest BCUT2D eigenvalue weighted by atomic mass is 16.7. The largest absolute Gasteiger partial charge is 0.508 e. The van der Waals surface area contributed by atoms with Gasteiger partial charge in [-0.1, -0.05) is 0 Å². The smallest absolute Gasteiger partial charge is 0.435 e. The number of carbonyl (C=O) groups excluding carboxylic acids is 1. The molecule has 0 bridgehead atoms. The van der Waals surface area contributed by atoms with Gasteiger partial charge in [0.25, 0.3) is 0 Å². The van der Waals surface area contributed by atoms with Crippen LogP contribution in [0.2, 0.25) is 0 Å². The number of ether oxygens (including phenoxy) is 3. The van der Waals surface area contributed by atoms with Crippen LogP contribution in [0.4, 0.5) is 4.79 Å². The SMILES string of the molecule is CCOC(=O)OC[C@H](O)[C@H]1O[C@H](O)[C@@H](ON)[C@H]1O. The van der Waals surface area contributed by atoms with Gasteiger partial charge < -0.3 is 29.5 Å². The van der Waals surface area contributed by atoms with Crippen LogP contribution in [0, 0.1) is 0 Å². The Morgan fingerprint density at radius 1 is 1.44 bits per heavy atom. The van der Waals surface area contributed by atoms with Crippen molar-refractivity contribution in [1.29, 1.82) is 0 Å². The van der Waals surface area contributed by atoms with Crippen molar-refractivity contribution in [2.24, 2.45) is 5.90 Å². The van der Waals surface area contributed by atoms with Crippen LogP contribution in [-0.4, -0.2) is 65.4 Å². The van der Waals surface area contributed by atoms with E-state index in [1.165, 1.54) is 0 Å². The zero-order chi connectivity index (χ0) is 13.7. The molecule has 0 saturated carbocycles. The third-order valence-corrected chi connectivity index (χ3v) is 2.42. The van der Waals surface area contributed by atoms with E-state index < -0.39 is 43.5 Å². The molecule has 0 aliphatic carbocycles. The Hall–Kier alpha value is -0.970. The first-order valence-corrected chi connectivity index (χ1v) is 5.36. The van der Waals surface area contributed by atoms with Crippen LogP contribution >= 0.6 is 0 Å². The maximum Gasteiger partial charge on any atom is 0.508 e. The third kappa shape index (κ3) is 3.51. The first kappa shape index (κ1) is 15.1. The summed E-state index contributed by atoms with van der Waals surface area (Å²) in [5.41, 5.74) is 0. The van der Waals surface area contributed by atoms with E-state index in [4.69, 9.17) is 10.6 Å². The van der Waals surface area contributed by atoms with E-state index in [9.17, 15) is 20.1 Å². The molecule has 9 nitrogen and oxygen atoms in total. The van der Waals surface area contributed by atoms with Gasteiger partial charge >= 0.3 is 6.16 Å². The van der Waals surface area contributed by atoms with Gasteiger partial charge in [-0.15, -0.1) is 0 Å². The lowest BCUT2D eigenvalue weighted by atomic mass is 10.1. The Kier molecular flexibility index (Phi) is 5.72. The van der Waals surface area contributed by atoms with Crippen molar-refractivity contribution < 1.29 is 39.2 Å². The summed E-state index contributed by atoms with van der Waals surface area (Å²) in [5.74, 6) is 4.85. The summed E-state index contributed by atoms with van der Waals surface area (Å²) in [7, 11) is 0. The van der Waals surface area contributed by atoms with Crippen LogP contribution in [0.1, 0.15) is 6.92 Å². The summed E-state index contributed by atoms with van der Waals surface area (Å²) >= 11 is 0. The first-order valence-electron chi connectivity index (χ1n) is 5.36. The molecule has 106 valence electrons. The topological polar surface area (TPSA) is 141 Å². The number of carbonyl (C=O) groups is 1. The monoisotopic (exact) mass is 267 g/mol. The molecular weight excluding hydrogens is 250 g/mol. The lowest BCUT2D eigenvalue weighted by Crippen LogP contribution is -2.43. The summed E-state index contributed by atoms with van der Waals surface area (Å²) in [6, 6.07) is 0. The molecule has 18 heavy (non-hydrogen) atoms. The highest BCUT2D eigenvalue weighted by molar-refractivity contribution is 5.59. The maximum absolute atomic E-state index is 10.9. The van der Waals surface area contributed by atoms with Crippen molar-refractivity contribution in [1.82, 2.24) is 0 Å². The van der Waals surface area contributed by atoms with Crippen LogP contribution in [0.3, 0.4) is 0 Å². The number of hydrogen-bond acceptors (Lipinski definition) is 9. The molecule has 1 rings (SSSR count). The lowest BCUT2D eigenvalue weighted by Gasteiger charge is -2.20. The first-order chi connectivity index (χ1) is 8.51. The fraction of sp³-hybridized carbons (Fsp3) is 0.889. The second-order valence-electron chi connectivity index (χ2n) is 3.64. The molecule has 0 amide bonds. The number of aliphatic hydroxyl groups is 3. The fourth-order valence-electron chi connectivity index (χ4n) is 1.55. The minimum atomic E-state index is -1.47. The summed E-state index contributed by atoms with van der Waals surface area (Å²) in [5, 5.41) is 28.6. The van der Waals surface area contributed by atoms with Crippen molar-refractivity contribution in [2.75, 3.05) is 13.2 Å². The molecule has 0 spiro atoms. The molecule has 5 atom stereocenters. The van der Waals surface area contributed by atoms with Crippen LogP contribution < -0.4 is 5.90 Å².